The van der Waals surface area contributed by atoms with E-state index in [0.717, 1.165) is 38.9 Å². The average Bonchev–Trinajstić information content (AvgIpc) is 2.09. The van der Waals surface area contributed by atoms with Gasteiger partial charge in [0.25, 0.3) is 0 Å². The third-order valence-electron chi connectivity index (χ3n) is 2.42. The number of hydrogen-bond donors (Lipinski definition) is 1. The first-order chi connectivity index (χ1) is 5.84. The first-order valence-corrected chi connectivity index (χ1v) is 4.71. The van der Waals surface area contributed by atoms with E-state index >= 15 is 0 Å². The topological polar surface area (TPSA) is 29.5 Å². The van der Waals surface area contributed by atoms with Crippen LogP contribution in [0.2, 0.25) is 0 Å². The van der Waals surface area contributed by atoms with Gasteiger partial charge < -0.3 is 9.84 Å². The van der Waals surface area contributed by atoms with Gasteiger partial charge in [0.05, 0.1) is 12.7 Å². The Morgan fingerprint density at radius 3 is 3.08 bits per heavy atom. The molecule has 1 N–H and O–H groups in total. The summed E-state index contributed by atoms with van der Waals surface area (Å²) in [6, 6.07) is 0. The zero-order valence-corrected chi connectivity index (χ0v) is 7.54. The molecule has 1 aliphatic heterocycles. The zero-order chi connectivity index (χ0) is 8.81. The van der Waals surface area contributed by atoms with E-state index in [1.165, 1.54) is 0 Å². The molecule has 2 nitrogen and oxygen atoms in total. The lowest BCUT2D eigenvalue weighted by molar-refractivity contribution is -0.0387. The van der Waals surface area contributed by atoms with Crippen LogP contribution in [0.5, 0.6) is 0 Å². The molecule has 2 unspecified atom stereocenters. The number of aliphatic hydroxyl groups is 1. The minimum atomic E-state index is -0.136. The first kappa shape index (κ1) is 9.75. The molecule has 0 bridgehead atoms. The lowest BCUT2D eigenvalue weighted by Crippen LogP contribution is -2.31. The Labute approximate surface area is 74.2 Å². The largest absolute Gasteiger partial charge is 0.393 e. The monoisotopic (exact) mass is 170 g/mol. The van der Waals surface area contributed by atoms with Crippen molar-refractivity contribution in [2.24, 2.45) is 5.92 Å². The maximum atomic E-state index is 9.56. The van der Waals surface area contributed by atoms with Gasteiger partial charge >= 0.3 is 0 Å². The molecule has 2 atom stereocenters. The molecule has 1 heterocycles. The summed E-state index contributed by atoms with van der Waals surface area (Å²) in [6.45, 7) is 5.12. The van der Waals surface area contributed by atoms with Crippen LogP contribution in [0.1, 0.15) is 25.7 Å². The molecule has 0 aromatic heterocycles. The molecule has 12 heavy (non-hydrogen) atoms. The van der Waals surface area contributed by atoms with Crippen LogP contribution < -0.4 is 0 Å². The Morgan fingerprint density at radius 1 is 1.58 bits per heavy atom. The van der Waals surface area contributed by atoms with Crippen molar-refractivity contribution in [3.05, 3.63) is 12.7 Å². The van der Waals surface area contributed by atoms with Crippen LogP contribution in [0.25, 0.3) is 0 Å². The number of allylic oxidation sites excluding steroid dienone is 1. The van der Waals surface area contributed by atoms with Gasteiger partial charge in [0.1, 0.15) is 0 Å². The van der Waals surface area contributed by atoms with E-state index in [9.17, 15) is 5.11 Å². The Morgan fingerprint density at radius 2 is 2.42 bits per heavy atom. The van der Waals surface area contributed by atoms with Crippen molar-refractivity contribution in [3.63, 3.8) is 0 Å². The summed E-state index contributed by atoms with van der Waals surface area (Å²) >= 11 is 0. The fraction of sp³-hybridized carbons (Fsp3) is 0.800. The third kappa shape index (κ3) is 2.95. The minimum absolute atomic E-state index is 0.136. The molecule has 0 radical (unpaired) electrons. The highest BCUT2D eigenvalue weighted by Gasteiger charge is 2.22. The molecule has 0 saturated carbocycles. The molecule has 0 amide bonds. The van der Waals surface area contributed by atoms with Gasteiger partial charge in [0.2, 0.25) is 0 Å². The van der Waals surface area contributed by atoms with E-state index in [0.29, 0.717) is 5.92 Å². The van der Waals surface area contributed by atoms with E-state index in [1.807, 2.05) is 6.08 Å². The van der Waals surface area contributed by atoms with E-state index in [4.69, 9.17) is 4.74 Å². The highest BCUT2D eigenvalue weighted by molar-refractivity contribution is 4.74. The standard InChI is InChI=1S/C10H18O2/c1-2-3-4-5-9-8-12-7-6-10(9)11/h2,9-11H,1,3-8H2. The van der Waals surface area contributed by atoms with Crippen molar-refractivity contribution < 1.29 is 9.84 Å². The molecule has 1 saturated heterocycles. The summed E-state index contributed by atoms with van der Waals surface area (Å²) in [6.07, 6.45) is 5.82. The maximum Gasteiger partial charge on any atom is 0.0612 e. The van der Waals surface area contributed by atoms with Crippen molar-refractivity contribution in [1.82, 2.24) is 0 Å². The molecular weight excluding hydrogens is 152 g/mol. The molecule has 1 rings (SSSR count). The molecular formula is C10H18O2. The lowest BCUT2D eigenvalue weighted by Gasteiger charge is -2.27. The van der Waals surface area contributed by atoms with Crippen LogP contribution in [0, 0.1) is 5.92 Å². The summed E-state index contributed by atoms with van der Waals surface area (Å²) in [5.74, 6) is 0.360. The fourth-order valence-corrected chi connectivity index (χ4v) is 1.59. The molecule has 70 valence electrons. The van der Waals surface area contributed by atoms with E-state index in [1.54, 1.807) is 0 Å². The normalized spacial score (nSPS) is 30.1. The van der Waals surface area contributed by atoms with Crippen LogP contribution in [-0.4, -0.2) is 24.4 Å². The van der Waals surface area contributed by atoms with E-state index < -0.39 is 0 Å². The highest BCUT2D eigenvalue weighted by Crippen LogP contribution is 2.20. The highest BCUT2D eigenvalue weighted by atomic mass is 16.5. The SMILES string of the molecule is C=CCCCC1COCCC1O. The van der Waals surface area contributed by atoms with Crippen LogP contribution in [0.4, 0.5) is 0 Å². The predicted octanol–water partition coefficient (Wildman–Crippen LogP) is 1.74. The Hall–Kier alpha value is -0.340. The summed E-state index contributed by atoms with van der Waals surface area (Å²) < 4.78 is 5.30. The lowest BCUT2D eigenvalue weighted by atomic mass is 9.93. The average molecular weight is 170 g/mol. The van der Waals surface area contributed by atoms with Crippen molar-refractivity contribution in [2.45, 2.75) is 31.8 Å². The smallest absolute Gasteiger partial charge is 0.0612 e. The van der Waals surface area contributed by atoms with Crippen LogP contribution in [-0.2, 0) is 4.74 Å². The molecule has 0 aliphatic carbocycles. The third-order valence-corrected chi connectivity index (χ3v) is 2.42. The Balaban J connectivity index is 2.15. The minimum Gasteiger partial charge on any atom is -0.393 e. The van der Waals surface area contributed by atoms with Gasteiger partial charge in [-0.05, 0) is 25.7 Å². The summed E-state index contributed by atoms with van der Waals surface area (Å²) in [5, 5.41) is 9.56. The summed E-state index contributed by atoms with van der Waals surface area (Å²) in [7, 11) is 0. The van der Waals surface area contributed by atoms with Gasteiger partial charge in [-0.1, -0.05) is 6.08 Å². The van der Waals surface area contributed by atoms with E-state index in [2.05, 4.69) is 6.58 Å². The molecule has 1 aliphatic rings. The zero-order valence-electron chi connectivity index (χ0n) is 7.54. The second-order valence-corrected chi connectivity index (χ2v) is 3.41. The summed E-state index contributed by atoms with van der Waals surface area (Å²) in [4.78, 5) is 0. The number of hydrogen-bond acceptors (Lipinski definition) is 2. The van der Waals surface area contributed by atoms with Crippen LogP contribution >= 0.6 is 0 Å². The number of aliphatic hydroxyl groups excluding tert-OH is 1. The first-order valence-electron chi connectivity index (χ1n) is 4.71. The van der Waals surface area contributed by atoms with Gasteiger partial charge in [-0.2, -0.15) is 0 Å². The number of ether oxygens (including phenoxy) is 1. The predicted molar refractivity (Wildman–Crippen MR) is 49.0 cm³/mol. The molecule has 0 aromatic carbocycles. The van der Waals surface area contributed by atoms with Crippen LogP contribution in [0.3, 0.4) is 0 Å². The molecule has 2 heteroatoms. The quantitative estimate of drug-likeness (QED) is 0.514. The van der Waals surface area contributed by atoms with Crippen molar-refractivity contribution in [1.29, 1.82) is 0 Å². The van der Waals surface area contributed by atoms with Crippen molar-refractivity contribution in [2.75, 3.05) is 13.2 Å². The molecule has 0 aromatic rings. The molecule has 1 fully saturated rings. The van der Waals surface area contributed by atoms with Crippen LogP contribution in [0.15, 0.2) is 12.7 Å². The van der Waals surface area contributed by atoms with Gasteiger partial charge in [-0.15, -0.1) is 6.58 Å². The van der Waals surface area contributed by atoms with Gasteiger partial charge in [0, 0.05) is 12.5 Å². The van der Waals surface area contributed by atoms with Crippen molar-refractivity contribution >= 4 is 0 Å². The second kappa shape index (κ2) is 5.33. The van der Waals surface area contributed by atoms with Gasteiger partial charge in [-0.25, -0.2) is 0 Å². The fourth-order valence-electron chi connectivity index (χ4n) is 1.59. The number of rotatable bonds is 4. The molecule has 0 spiro atoms. The Bertz CT molecular complexity index is 134. The van der Waals surface area contributed by atoms with E-state index in [-0.39, 0.29) is 6.10 Å². The second-order valence-electron chi connectivity index (χ2n) is 3.41. The Kier molecular flexibility index (Phi) is 4.33. The number of unbranched alkanes of at least 4 members (excludes halogenated alkanes) is 1. The summed E-state index contributed by atoms with van der Waals surface area (Å²) in [5.41, 5.74) is 0. The van der Waals surface area contributed by atoms with Crippen molar-refractivity contribution in [3.8, 4) is 0 Å². The van der Waals surface area contributed by atoms with Gasteiger partial charge in [0.15, 0.2) is 0 Å². The maximum absolute atomic E-state index is 9.56. The van der Waals surface area contributed by atoms with Gasteiger partial charge in [-0.3, -0.25) is 0 Å².